The maximum absolute atomic E-state index is 4.53. The van der Waals surface area contributed by atoms with Crippen LogP contribution in [0.3, 0.4) is 0 Å². The van der Waals surface area contributed by atoms with Gasteiger partial charge >= 0.3 is 0 Å². The van der Waals surface area contributed by atoms with Crippen LogP contribution in [0.15, 0.2) is 65.5 Å². The molecule has 0 radical (unpaired) electrons. The minimum Gasteiger partial charge on any atom is -0.363 e. The van der Waals surface area contributed by atoms with E-state index in [1.54, 1.807) is 12.4 Å². The van der Waals surface area contributed by atoms with Gasteiger partial charge in [-0.1, -0.05) is 6.07 Å². The summed E-state index contributed by atoms with van der Waals surface area (Å²) in [6.07, 6.45) is 5.42. The first-order chi connectivity index (χ1) is 12.3. The average Bonchev–Trinajstić information content (AvgIpc) is 3.11. The van der Waals surface area contributed by atoms with Crippen LogP contribution < -0.4 is 10.6 Å². The van der Waals surface area contributed by atoms with Crippen LogP contribution in [0, 0.1) is 0 Å². The van der Waals surface area contributed by atoms with Gasteiger partial charge in [0, 0.05) is 35.2 Å². The number of nitrogens with zero attached hydrogens (tertiary/aromatic N) is 3. The molecule has 6 nitrogen and oxygen atoms in total. The summed E-state index contributed by atoms with van der Waals surface area (Å²) < 4.78 is 0.801. The molecule has 1 aromatic carbocycles. The second-order valence-electron chi connectivity index (χ2n) is 5.47. The van der Waals surface area contributed by atoms with Gasteiger partial charge in [0.2, 0.25) is 5.95 Å². The first kappa shape index (κ1) is 15.6. The van der Waals surface area contributed by atoms with E-state index in [1.165, 1.54) is 0 Å². The highest BCUT2D eigenvalue weighted by Crippen LogP contribution is 2.24. The SMILES string of the molecule is Brc1cnc(Nc2ccc3[nH]ccc3c2)nc1NCc1ccccn1. The van der Waals surface area contributed by atoms with E-state index in [9.17, 15) is 0 Å². The van der Waals surface area contributed by atoms with Gasteiger partial charge in [-0.3, -0.25) is 4.98 Å². The molecule has 3 aromatic heterocycles. The fourth-order valence-corrected chi connectivity index (χ4v) is 2.82. The molecule has 3 heterocycles. The van der Waals surface area contributed by atoms with Crippen LogP contribution in [0.5, 0.6) is 0 Å². The van der Waals surface area contributed by atoms with Crippen molar-refractivity contribution in [3.63, 3.8) is 0 Å². The zero-order chi connectivity index (χ0) is 17.1. The van der Waals surface area contributed by atoms with Gasteiger partial charge in [-0.2, -0.15) is 4.98 Å². The molecule has 0 unspecified atom stereocenters. The Hall–Kier alpha value is -2.93. The molecular weight excluding hydrogens is 380 g/mol. The van der Waals surface area contributed by atoms with Crippen molar-refractivity contribution >= 4 is 44.3 Å². The van der Waals surface area contributed by atoms with Gasteiger partial charge in [-0.15, -0.1) is 0 Å². The molecular formula is C18H15BrN6. The number of rotatable bonds is 5. The molecule has 0 fully saturated rings. The number of H-pyrrole nitrogens is 1. The second-order valence-corrected chi connectivity index (χ2v) is 6.32. The highest BCUT2D eigenvalue weighted by atomic mass is 79.9. The summed E-state index contributed by atoms with van der Waals surface area (Å²) in [5.41, 5.74) is 2.98. The first-order valence-electron chi connectivity index (χ1n) is 7.78. The average molecular weight is 395 g/mol. The van der Waals surface area contributed by atoms with Crippen molar-refractivity contribution in [2.24, 2.45) is 0 Å². The lowest BCUT2D eigenvalue weighted by molar-refractivity contribution is 1.02. The minimum absolute atomic E-state index is 0.529. The molecule has 0 saturated carbocycles. The van der Waals surface area contributed by atoms with Gasteiger partial charge in [-0.25, -0.2) is 4.98 Å². The summed E-state index contributed by atoms with van der Waals surface area (Å²) in [6.45, 7) is 0.588. The molecule has 3 N–H and O–H groups in total. The Kier molecular flexibility index (Phi) is 4.30. The highest BCUT2D eigenvalue weighted by molar-refractivity contribution is 9.10. The lowest BCUT2D eigenvalue weighted by Gasteiger charge is -2.10. The van der Waals surface area contributed by atoms with Crippen LogP contribution in [0.1, 0.15) is 5.69 Å². The Labute approximate surface area is 152 Å². The van der Waals surface area contributed by atoms with Crippen LogP contribution >= 0.6 is 15.9 Å². The van der Waals surface area contributed by atoms with Crippen molar-refractivity contribution in [1.29, 1.82) is 0 Å². The van der Waals surface area contributed by atoms with Crippen molar-refractivity contribution in [1.82, 2.24) is 19.9 Å². The van der Waals surface area contributed by atoms with E-state index in [4.69, 9.17) is 0 Å². The van der Waals surface area contributed by atoms with Gasteiger partial charge in [0.15, 0.2) is 0 Å². The van der Waals surface area contributed by atoms with E-state index in [0.717, 1.165) is 26.8 Å². The number of pyridine rings is 1. The van der Waals surface area contributed by atoms with E-state index in [1.807, 2.05) is 42.6 Å². The monoisotopic (exact) mass is 394 g/mol. The number of aromatic nitrogens is 4. The standard InChI is InChI=1S/C18H15BrN6/c19-15-11-23-18(24-13-4-5-16-12(9-13)6-8-21-16)25-17(15)22-10-14-3-1-2-7-20-14/h1-9,11,21H,10H2,(H2,22,23,24,25). The number of aromatic amines is 1. The number of benzene rings is 1. The van der Waals surface area contributed by atoms with Crippen molar-refractivity contribution in [2.45, 2.75) is 6.54 Å². The predicted octanol–water partition coefficient (Wildman–Crippen LogP) is 4.47. The van der Waals surface area contributed by atoms with E-state index >= 15 is 0 Å². The van der Waals surface area contributed by atoms with E-state index in [2.05, 4.69) is 52.6 Å². The summed E-state index contributed by atoms with van der Waals surface area (Å²) in [4.78, 5) is 16.3. The molecule has 124 valence electrons. The third-order valence-electron chi connectivity index (χ3n) is 3.72. The Morgan fingerprint density at radius 1 is 1.08 bits per heavy atom. The molecule has 0 atom stereocenters. The summed E-state index contributed by atoms with van der Waals surface area (Å²) in [7, 11) is 0. The van der Waals surface area contributed by atoms with E-state index < -0.39 is 0 Å². The molecule has 0 aliphatic heterocycles. The van der Waals surface area contributed by atoms with Crippen molar-refractivity contribution < 1.29 is 0 Å². The molecule has 0 aliphatic carbocycles. The number of hydrogen-bond donors (Lipinski definition) is 3. The van der Waals surface area contributed by atoms with Crippen LogP contribution in [0.4, 0.5) is 17.5 Å². The van der Waals surface area contributed by atoms with Gasteiger partial charge in [0.25, 0.3) is 0 Å². The molecule has 0 saturated heterocycles. The highest BCUT2D eigenvalue weighted by Gasteiger charge is 2.06. The molecule has 7 heteroatoms. The zero-order valence-electron chi connectivity index (χ0n) is 13.2. The van der Waals surface area contributed by atoms with Crippen LogP contribution in [0.25, 0.3) is 10.9 Å². The largest absolute Gasteiger partial charge is 0.363 e. The number of hydrogen-bond acceptors (Lipinski definition) is 5. The van der Waals surface area contributed by atoms with Crippen LogP contribution in [0.2, 0.25) is 0 Å². The second kappa shape index (κ2) is 6.90. The molecule has 0 spiro atoms. The topological polar surface area (TPSA) is 78.5 Å². The smallest absolute Gasteiger partial charge is 0.229 e. The van der Waals surface area contributed by atoms with Gasteiger partial charge in [0.05, 0.1) is 16.7 Å². The van der Waals surface area contributed by atoms with E-state index in [-0.39, 0.29) is 0 Å². The Morgan fingerprint density at radius 3 is 2.92 bits per heavy atom. The minimum atomic E-state index is 0.529. The normalized spacial score (nSPS) is 10.8. The summed E-state index contributed by atoms with van der Waals surface area (Å²) in [6, 6.07) is 13.9. The van der Waals surface area contributed by atoms with Gasteiger partial charge in [-0.05, 0) is 52.3 Å². The quantitative estimate of drug-likeness (QED) is 0.465. The fraction of sp³-hybridized carbons (Fsp3) is 0.0556. The van der Waals surface area contributed by atoms with E-state index in [0.29, 0.717) is 18.3 Å². The summed E-state index contributed by atoms with van der Waals surface area (Å²) >= 11 is 3.48. The number of nitrogens with one attached hydrogen (secondary N) is 3. The maximum atomic E-state index is 4.53. The first-order valence-corrected chi connectivity index (χ1v) is 8.58. The van der Waals surface area contributed by atoms with Crippen molar-refractivity contribution in [2.75, 3.05) is 10.6 Å². The Bertz CT molecular complexity index is 999. The Morgan fingerprint density at radius 2 is 2.04 bits per heavy atom. The van der Waals surface area contributed by atoms with Crippen molar-refractivity contribution in [3.8, 4) is 0 Å². The fourth-order valence-electron chi connectivity index (χ4n) is 2.49. The molecule has 0 amide bonds. The molecule has 0 bridgehead atoms. The molecule has 25 heavy (non-hydrogen) atoms. The zero-order valence-corrected chi connectivity index (χ0v) is 14.8. The van der Waals surface area contributed by atoms with Crippen molar-refractivity contribution in [3.05, 3.63) is 71.2 Å². The summed E-state index contributed by atoms with van der Waals surface area (Å²) in [5.74, 6) is 1.24. The van der Waals surface area contributed by atoms with Crippen LogP contribution in [-0.4, -0.2) is 19.9 Å². The third kappa shape index (κ3) is 3.61. The predicted molar refractivity (Wildman–Crippen MR) is 103 cm³/mol. The lowest BCUT2D eigenvalue weighted by Crippen LogP contribution is -2.06. The maximum Gasteiger partial charge on any atom is 0.229 e. The lowest BCUT2D eigenvalue weighted by atomic mass is 10.2. The Balaban J connectivity index is 1.52. The number of anilines is 3. The number of halogens is 1. The van der Waals surface area contributed by atoms with Gasteiger partial charge in [0.1, 0.15) is 5.82 Å². The molecule has 4 aromatic rings. The molecule has 4 rings (SSSR count). The van der Waals surface area contributed by atoms with Crippen LogP contribution in [-0.2, 0) is 6.54 Å². The molecule has 0 aliphatic rings. The number of fused-ring (bicyclic) bond motifs is 1. The van der Waals surface area contributed by atoms with Gasteiger partial charge < -0.3 is 15.6 Å². The summed E-state index contributed by atoms with van der Waals surface area (Å²) in [5, 5.41) is 7.65. The third-order valence-corrected chi connectivity index (χ3v) is 4.30.